The Kier molecular flexibility index (Phi) is 56.6. The molecule has 0 aliphatic carbocycles. The number of likely N-dealkylation sites (N-methyl/N-ethyl adjacent to an activating group) is 1. The van der Waals surface area contributed by atoms with Crippen LogP contribution in [0.15, 0.2) is 194 Å². The zero-order valence-electron chi connectivity index (χ0n) is 51.9. The van der Waals surface area contributed by atoms with Gasteiger partial charge in [0.05, 0.1) is 27.7 Å². The lowest BCUT2D eigenvalue weighted by Crippen LogP contribution is -2.37. The molecule has 0 saturated heterocycles. The van der Waals surface area contributed by atoms with Crippen molar-refractivity contribution >= 4 is 19.8 Å². The summed E-state index contributed by atoms with van der Waals surface area (Å²) >= 11 is 0. The molecule has 0 bridgehead atoms. The van der Waals surface area contributed by atoms with E-state index in [9.17, 15) is 19.0 Å². The van der Waals surface area contributed by atoms with Gasteiger partial charge in [0, 0.05) is 12.8 Å². The van der Waals surface area contributed by atoms with Crippen LogP contribution in [0.2, 0.25) is 0 Å². The van der Waals surface area contributed by atoms with Crippen molar-refractivity contribution in [3.63, 3.8) is 0 Å². The number of esters is 2. The van der Waals surface area contributed by atoms with Crippen molar-refractivity contribution in [2.75, 3.05) is 47.5 Å². The third kappa shape index (κ3) is 64.0. The highest BCUT2D eigenvalue weighted by molar-refractivity contribution is 7.47. The minimum Gasteiger partial charge on any atom is -0.462 e. The monoisotopic (exact) mass is 1150 g/mol. The van der Waals surface area contributed by atoms with E-state index < -0.39 is 32.5 Å². The molecule has 458 valence electrons. The molecule has 9 nitrogen and oxygen atoms in total. The predicted octanol–water partition coefficient (Wildman–Crippen LogP) is 20.1. The second-order valence-electron chi connectivity index (χ2n) is 21.0. The third-order valence-corrected chi connectivity index (χ3v) is 13.1. The number of allylic oxidation sites excluding steroid dienone is 32. The molecule has 0 aromatic carbocycles. The topological polar surface area (TPSA) is 108 Å². The summed E-state index contributed by atoms with van der Waals surface area (Å²) in [6.07, 6.45) is 95.0. The molecule has 0 heterocycles. The van der Waals surface area contributed by atoms with Gasteiger partial charge in [-0.1, -0.05) is 234 Å². The van der Waals surface area contributed by atoms with Gasteiger partial charge in [-0.3, -0.25) is 18.6 Å². The normalized spacial score (nSPS) is 14.6. The molecule has 0 fully saturated rings. The van der Waals surface area contributed by atoms with Crippen LogP contribution >= 0.6 is 7.82 Å². The Labute approximate surface area is 501 Å². The van der Waals surface area contributed by atoms with Crippen molar-refractivity contribution in [2.24, 2.45) is 0 Å². The average Bonchev–Trinajstić information content (AvgIpc) is 3.45. The number of quaternary nitrogens is 1. The quantitative estimate of drug-likeness (QED) is 0.0211. The number of carbonyl (C=O) groups is 2. The van der Waals surface area contributed by atoms with Gasteiger partial charge in [-0.2, -0.15) is 0 Å². The number of hydrogen-bond donors (Lipinski definition) is 1. The number of unbranched alkanes of at least 4 members (excludes halogenated alkanes) is 8. The fourth-order valence-electron chi connectivity index (χ4n) is 7.40. The lowest BCUT2D eigenvalue weighted by atomic mass is 10.1. The number of phosphoric ester groups is 1. The third-order valence-electron chi connectivity index (χ3n) is 12.1. The first kappa shape index (κ1) is 76.9. The summed E-state index contributed by atoms with van der Waals surface area (Å²) in [5.41, 5.74) is 0. The summed E-state index contributed by atoms with van der Waals surface area (Å²) in [4.78, 5) is 35.7. The number of rotatable bonds is 54. The molecule has 1 N–H and O–H groups in total. The first-order chi connectivity index (χ1) is 40.0. The number of ether oxygens (including phenoxy) is 2. The van der Waals surface area contributed by atoms with Crippen molar-refractivity contribution in [1.29, 1.82) is 0 Å². The van der Waals surface area contributed by atoms with Crippen LogP contribution in [0.25, 0.3) is 0 Å². The minimum absolute atomic E-state index is 0.00948. The van der Waals surface area contributed by atoms with E-state index in [0.717, 1.165) is 154 Å². The van der Waals surface area contributed by atoms with Crippen LogP contribution in [0, 0.1) is 0 Å². The average molecular weight is 1150 g/mol. The summed E-state index contributed by atoms with van der Waals surface area (Å²) in [5, 5.41) is 0. The van der Waals surface area contributed by atoms with Crippen LogP contribution in [-0.4, -0.2) is 74.9 Å². The fourth-order valence-corrected chi connectivity index (χ4v) is 8.14. The van der Waals surface area contributed by atoms with Crippen molar-refractivity contribution in [2.45, 2.75) is 200 Å². The van der Waals surface area contributed by atoms with Crippen molar-refractivity contribution < 1.29 is 42.1 Å². The van der Waals surface area contributed by atoms with E-state index in [2.05, 4.69) is 208 Å². The molecule has 0 rings (SSSR count). The molecule has 0 aromatic heterocycles. The molecule has 2 atom stereocenters. The molecule has 0 radical (unpaired) electrons. The Bertz CT molecular complexity index is 2080. The van der Waals surface area contributed by atoms with Crippen molar-refractivity contribution in [3.8, 4) is 0 Å². The van der Waals surface area contributed by atoms with E-state index in [4.69, 9.17) is 18.5 Å². The van der Waals surface area contributed by atoms with Crippen LogP contribution in [-0.2, 0) is 32.7 Å². The number of phosphoric acid groups is 1. The van der Waals surface area contributed by atoms with Gasteiger partial charge in [0.25, 0.3) is 0 Å². The lowest BCUT2D eigenvalue weighted by molar-refractivity contribution is -0.870. The second-order valence-corrected chi connectivity index (χ2v) is 22.4. The zero-order valence-corrected chi connectivity index (χ0v) is 52.8. The number of carbonyl (C=O) groups excluding carboxylic acids is 2. The molecular weight excluding hydrogens is 1040 g/mol. The first-order valence-corrected chi connectivity index (χ1v) is 32.7. The highest BCUT2D eigenvalue weighted by Crippen LogP contribution is 2.43. The van der Waals surface area contributed by atoms with Crippen LogP contribution in [0.1, 0.15) is 194 Å². The highest BCUT2D eigenvalue weighted by atomic mass is 31.2. The predicted molar refractivity (Wildman–Crippen MR) is 352 cm³/mol. The Morgan fingerprint density at radius 3 is 0.963 bits per heavy atom. The lowest BCUT2D eigenvalue weighted by Gasteiger charge is -2.24. The van der Waals surface area contributed by atoms with Crippen molar-refractivity contribution in [1.82, 2.24) is 0 Å². The van der Waals surface area contributed by atoms with E-state index in [0.29, 0.717) is 23.9 Å². The highest BCUT2D eigenvalue weighted by Gasteiger charge is 2.27. The molecule has 0 aliphatic rings. The van der Waals surface area contributed by atoms with E-state index in [-0.39, 0.29) is 26.1 Å². The van der Waals surface area contributed by atoms with E-state index in [1.807, 2.05) is 21.1 Å². The van der Waals surface area contributed by atoms with Gasteiger partial charge in [0.15, 0.2) is 6.10 Å². The Balaban J connectivity index is 4.31. The molecule has 2 unspecified atom stereocenters. The summed E-state index contributed by atoms with van der Waals surface area (Å²) in [6, 6.07) is 0. The molecule has 10 heteroatoms. The van der Waals surface area contributed by atoms with E-state index in [1.54, 1.807) is 0 Å². The summed E-state index contributed by atoms with van der Waals surface area (Å²) < 4.78 is 34.5. The molecule has 82 heavy (non-hydrogen) atoms. The van der Waals surface area contributed by atoms with Crippen LogP contribution in [0.5, 0.6) is 0 Å². The number of nitrogens with zero attached hydrogens (tertiary/aromatic N) is 1. The van der Waals surface area contributed by atoms with Gasteiger partial charge < -0.3 is 18.9 Å². The fraction of sp³-hybridized carbons (Fsp3) is 0.528. The Morgan fingerprint density at radius 2 is 0.659 bits per heavy atom. The maximum atomic E-state index is 12.8. The molecule has 0 spiro atoms. The van der Waals surface area contributed by atoms with Gasteiger partial charge in [-0.25, -0.2) is 4.57 Å². The molecule has 0 aromatic rings. The largest absolute Gasteiger partial charge is 0.472 e. The molecular formula is C72H113NO8P+. The molecule has 0 amide bonds. The van der Waals surface area contributed by atoms with Gasteiger partial charge in [0.1, 0.15) is 19.8 Å². The van der Waals surface area contributed by atoms with Gasteiger partial charge in [0.2, 0.25) is 0 Å². The van der Waals surface area contributed by atoms with Crippen LogP contribution < -0.4 is 0 Å². The molecule has 0 saturated carbocycles. The van der Waals surface area contributed by atoms with Gasteiger partial charge in [-0.05, 0) is 141 Å². The van der Waals surface area contributed by atoms with E-state index >= 15 is 0 Å². The summed E-state index contributed by atoms with van der Waals surface area (Å²) in [5.74, 6) is -0.875. The SMILES string of the molecule is CC/C=C\C/C=C\C/C=C\C/C=C\C/C=C\C/C=C\C/C=C\C/C=C\C/C=C\C/C=C\CCCCCCC(=O)OC(COC(=O)CCCCCC/C=C\C/C=C\C/C=C\C/C=C\C/C=C\C/C=C\CC)COP(=O)(O)OCC[N+](C)(C)C. The van der Waals surface area contributed by atoms with Crippen LogP contribution in [0.4, 0.5) is 0 Å². The number of hydrogen-bond acceptors (Lipinski definition) is 7. The molecule has 0 aliphatic heterocycles. The first-order valence-electron chi connectivity index (χ1n) is 31.2. The van der Waals surface area contributed by atoms with E-state index in [1.165, 1.54) is 0 Å². The standard InChI is InChI=1S/C72H112NO8P/c1-6-8-10-12-14-16-18-20-22-24-26-28-30-31-32-33-34-35-36-37-38-39-40-41-43-45-47-49-51-53-55-57-59-61-63-65-72(75)81-70(69-80-82(76,77)79-67-66-73(3,4)5)68-78-71(74)64-62-60-58-56-54-52-50-48-46-44-42-29-27-25-23-21-19-17-15-13-11-9-7-2/h8-11,14-17,20-23,26-29,31-32,34-35,37-38,40-41,44-47,50-53,70H,6-7,12-13,18-19,24-25,30,33,36,39,42-43,48-49,54-69H2,1-5H3/p+1/b10-8-,11-9-,16-14-,17-15-,22-20-,23-21-,28-26-,29-27-,32-31-,35-34-,38-37-,41-40-,46-44-,47-45-,52-50-,53-51-. The van der Waals surface area contributed by atoms with Gasteiger partial charge in [-0.15, -0.1) is 0 Å². The maximum Gasteiger partial charge on any atom is 0.472 e. The second kappa shape index (κ2) is 60.4. The van der Waals surface area contributed by atoms with Crippen molar-refractivity contribution in [3.05, 3.63) is 194 Å². The maximum absolute atomic E-state index is 12.8. The zero-order chi connectivity index (χ0) is 59.8. The summed E-state index contributed by atoms with van der Waals surface area (Å²) in [7, 11) is 1.41. The summed E-state index contributed by atoms with van der Waals surface area (Å²) in [6.45, 7) is 4.10. The smallest absolute Gasteiger partial charge is 0.462 e. The minimum atomic E-state index is -4.42. The van der Waals surface area contributed by atoms with Gasteiger partial charge >= 0.3 is 19.8 Å². The Morgan fingerprint density at radius 1 is 0.378 bits per heavy atom. The van der Waals surface area contributed by atoms with Crippen LogP contribution in [0.3, 0.4) is 0 Å². The Hall–Kier alpha value is -5.15.